The first kappa shape index (κ1) is 20.7. The summed E-state index contributed by atoms with van der Waals surface area (Å²) in [6.45, 7) is 4.13. The van der Waals surface area contributed by atoms with E-state index >= 15 is 0 Å². The standard InChI is InChI=1S/C23H28N2O4/c1-15-9-8-10-16(2)25(15)23(27)18-13-20(28-3)21(29-4)14-19(18)24-22(26)17-11-6-5-7-12-17/h5-7,11-16H,8-10H2,1-4H3,(H,24,26). The number of amides is 2. The van der Waals surface area contributed by atoms with Crippen molar-refractivity contribution in [2.45, 2.75) is 45.2 Å². The van der Waals surface area contributed by atoms with E-state index < -0.39 is 0 Å². The van der Waals surface area contributed by atoms with Crippen LogP contribution in [0.3, 0.4) is 0 Å². The van der Waals surface area contributed by atoms with Gasteiger partial charge < -0.3 is 19.7 Å². The third kappa shape index (κ3) is 4.36. The minimum atomic E-state index is -0.286. The maximum Gasteiger partial charge on any atom is 0.256 e. The smallest absolute Gasteiger partial charge is 0.256 e. The fraction of sp³-hybridized carbons (Fsp3) is 0.391. The molecular formula is C23H28N2O4. The summed E-state index contributed by atoms with van der Waals surface area (Å²) in [7, 11) is 3.05. The lowest BCUT2D eigenvalue weighted by Crippen LogP contribution is -2.47. The normalized spacial score (nSPS) is 18.8. The van der Waals surface area contributed by atoms with Gasteiger partial charge in [-0.2, -0.15) is 0 Å². The van der Waals surface area contributed by atoms with E-state index in [2.05, 4.69) is 19.2 Å². The van der Waals surface area contributed by atoms with Gasteiger partial charge in [0.2, 0.25) is 0 Å². The fourth-order valence-electron chi connectivity index (χ4n) is 3.90. The van der Waals surface area contributed by atoms with Gasteiger partial charge in [0.1, 0.15) is 0 Å². The maximum absolute atomic E-state index is 13.5. The monoisotopic (exact) mass is 396 g/mol. The van der Waals surface area contributed by atoms with Crippen LogP contribution in [0.1, 0.15) is 53.8 Å². The highest BCUT2D eigenvalue weighted by Crippen LogP contribution is 2.36. The lowest BCUT2D eigenvalue weighted by Gasteiger charge is -2.39. The molecule has 3 rings (SSSR count). The Kier molecular flexibility index (Phi) is 6.42. The number of carbonyl (C=O) groups is 2. The molecule has 6 nitrogen and oxygen atoms in total. The number of rotatable bonds is 5. The molecule has 0 spiro atoms. The van der Waals surface area contributed by atoms with Crippen LogP contribution >= 0.6 is 0 Å². The Bertz CT molecular complexity index is 872. The molecule has 1 heterocycles. The average molecular weight is 396 g/mol. The van der Waals surface area contributed by atoms with Gasteiger partial charge in [0.25, 0.3) is 11.8 Å². The number of hydrogen-bond acceptors (Lipinski definition) is 4. The maximum atomic E-state index is 13.5. The van der Waals surface area contributed by atoms with Crippen molar-refractivity contribution in [3.8, 4) is 11.5 Å². The quantitative estimate of drug-likeness (QED) is 0.815. The van der Waals surface area contributed by atoms with Crippen LogP contribution in [0.25, 0.3) is 0 Å². The predicted molar refractivity (Wildman–Crippen MR) is 113 cm³/mol. The Labute approximate surface area is 171 Å². The molecule has 29 heavy (non-hydrogen) atoms. The highest BCUT2D eigenvalue weighted by Gasteiger charge is 2.32. The van der Waals surface area contributed by atoms with Crippen LogP contribution in [0.2, 0.25) is 0 Å². The summed E-state index contributed by atoms with van der Waals surface area (Å²) in [6, 6.07) is 12.5. The Morgan fingerprint density at radius 3 is 2.14 bits per heavy atom. The van der Waals surface area contributed by atoms with Gasteiger partial charge in [0.05, 0.1) is 25.5 Å². The zero-order chi connectivity index (χ0) is 21.0. The molecule has 2 amide bonds. The van der Waals surface area contributed by atoms with E-state index in [9.17, 15) is 9.59 Å². The van der Waals surface area contributed by atoms with Gasteiger partial charge >= 0.3 is 0 Å². The van der Waals surface area contributed by atoms with Crippen LogP contribution in [0.4, 0.5) is 5.69 Å². The molecule has 0 aromatic heterocycles. The second kappa shape index (κ2) is 8.99. The van der Waals surface area contributed by atoms with Gasteiger partial charge in [-0.25, -0.2) is 0 Å². The second-order valence-electron chi connectivity index (χ2n) is 7.41. The molecule has 2 aromatic carbocycles. The summed E-state index contributed by atoms with van der Waals surface area (Å²) in [6.07, 6.45) is 3.04. The van der Waals surface area contributed by atoms with E-state index in [1.807, 2.05) is 11.0 Å². The Hall–Kier alpha value is -3.02. The van der Waals surface area contributed by atoms with Gasteiger partial charge in [-0.3, -0.25) is 9.59 Å². The summed E-state index contributed by atoms with van der Waals surface area (Å²) in [5.74, 6) is 0.499. The van der Waals surface area contributed by atoms with E-state index in [0.29, 0.717) is 28.3 Å². The number of ether oxygens (including phenoxy) is 2. The molecule has 0 aliphatic carbocycles. The Morgan fingerprint density at radius 2 is 1.55 bits per heavy atom. The highest BCUT2D eigenvalue weighted by atomic mass is 16.5. The van der Waals surface area contributed by atoms with E-state index in [1.54, 1.807) is 36.4 Å². The molecule has 1 N–H and O–H groups in total. The highest BCUT2D eigenvalue weighted by molar-refractivity contribution is 6.09. The molecule has 0 radical (unpaired) electrons. The van der Waals surface area contributed by atoms with Crippen molar-refractivity contribution in [3.05, 3.63) is 53.6 Å². The zero-order valence-electron chi connectivity index (χ0n) is 17.4. The topological polar surface area (TPSA) is 67.9 Å². The van der Waals surface area contributed by atoms with Gasteiger partial charge in [-0.05, 0) is 51.3 Å². The van der Waals surface area contributed by atoms with Crippen LogP contribution in [-0.2, 0) is 0 Å². The molecule has 154 valence electrons. The summed E-state index contributed by atoms with van der Waals surface area (Å²) >= 11 is 0. The minimum absolute atomic E-state index is 0.117. The van der Waals surface area contributed by atoms with Crippen molar-refractivity contribution in [2.24, 2.45) is 0 Å². The van der Waals surface area contributed by atoms with Crippen LogP contribution < -0.4 is 14.8 Å². The number of piperidine rings is 1. The average Bonchev–Trinajstić information content (AvgIpc) is 2.73. The van der Waals surface area contributed by atoms with Crippen molar-refractivity contribution >= 4 is 17.5 Å². The molecule has 2 atom stereocenters. The van der Waals surface area contributed by atoms with Gasteiger partial charge in [-0.15, -0.1) is 0 Å². The van der Waals surface area contributed by atoms with Crippen molar-refractivity contribution in [1.82, 2.24) is 4.90 Å². The number of methoxy groups -OCH3 is 2. The Balaban J connectivity index is 2.02. The van der Waals surface area contributed by atoms with E-state index in [0.717, 1.165) is 19.3 Å². The van der Waals surface area contributed by atoms with Crippen molar-refractivity contribution in [3.63, 3.8) is 0 Å². The zero-order valence-corrected chi connectivity index (χ0v) is 17.4. The second-order valence-corrected chi connectivity index (χ2v) is 7.41. The first-order valence-electron chi connectivity index (χ1n) is 9.91. The summed E-state index contributed by atoms with van der Waals surface area (Å²) < 4.78 is 10.8. The number of nitrogens with zero attached hydrogens (tertiary/aromatic N) is 1. The van der Waals surface area contributed by atoms with Crippen molar-refractivity contribution < 1.29 is 19.1 Å². The van der Waals surface area contributed by atoms with Crippen molar-refractivity contribution in [1.29, 1.82) is 0 Å². The first-order chi connectivity index (χ1) is 14.0. The van der Waals surface area contributed by atoms with Crippen LogP contribution in [-0.4, -0.2) is 43.0 Å². The largest absolute Gasteiger partial charge is 0.493 e. The number of anilines is 1. The molecule has 6 heteroatoms. The van der Waals surface area contributed by atoms with Crippen LogP contribution in [0, 0.1) is 0 Å². The molecule has 0 bridgehead atoms. The van der Waals surface area contributed by atoms with Crippen LogP contribution in [0.5, 0.6) is 11.5 Å². The molecule has 0 saturated carbocycles. The predicted octanol–water partition coefficient (Wildman–Crippen LogP) is 4.36. The third-order valence-corrected chi connectivity index (χ3v) is 5.47. The number of hydrogen-bond donors (Lipinski definition) is 1. The van der Waals surface area contributed by atoms with Gasteiger partial charge in [0, 0.05) is 23.7 Å². The fourth-order valence-corrected chi connectivity index (χ4v) is 3.90. The SMILES string of the molecule is COc1cc(NC(=O)c2ccccc2)c(C(=O)N2C(C)CCCC2C)cc1OC. The van der Waals surface area contributed by atoms with Crippen molar-refractivity contribution in [2.75, 3.05) is 19.5 Å². The number of likely N-dealkylation sites (tertiary alicyclic amines) is 1. The minimum Gasteiger partial charge on any atom is -0.493 e. The molecular weight excluding hydrogens is 368 g/mol. The van der Waals surface area contributed by atoms with E-state index in [4.69, 9.17) is 9.47 Å². The van der Waals surface area contributed by atoms with Crippen LogP contribution in [0.15, 0.2) is 42.5 Å². The summed E-state index contributed by atoms with van der Waals surface area (Å²) in [4.78, 5) is 28.2. The molecule has 1 aliphatic rings. The van der Waals surface area contributed by atoms with Gasteiger partial charge in [0.15, 0.2) is 11.5 Å². The molecule has 1 saturated heterocycles. The first-order valence-corrected chi connectivity index (χ1v) is 9.91. The number of benzene rings is 2. The lowest BCUT2D eigenvalue weighted by molar-refractivity contribution is 0.0511. The molecule has 2 unspecified atom stereocenters. The Morgan fingerprint density at radius 1 is 0.966 bits per heavy atom. The third-order valence-electron chi connectivity index (χ3n) is 5.47. The molecule has 2 aromatic rings. The van der Waals surface area contributed by atoms with Gasteiger partial charge in [-0.1, -0.05) is 18.2 Å². The summed E-state index contributed by atoms with van der Waals surface area (Å²) in [5, 5.41) is 2.88. The lowest BCUT2D eigenvalue weighted by atomic mass is 9.96. The number of nitrogens with one attached hydrogen (secondary N) is 1. The van der Waals surface area contributed by atoms with E-state index in [1.165, 1.54) is 14.2 Å². The molecule has 1 fully saturated rings. The number of carbonyl (C=O) groups excluding carboxylic acids is 2. The summed E-state index contributed by atoms with van der Waals surface area (Å²) in [5.41, 5.74) is 1.32. The van der Waals surface area contributed by atoms with E-state index in [-0.39, 0.29) is 23.9 Å². The molecule has 1 aliphatic heterocycles.